The van der Waals surface area contributed by atoms with Gasteiger partial charge in [-0.15, -0.1) is 11.3 Å². The van der Waals surface area contributed by atoms with Crippen LogP contribution in [-0.2, 0) is 21.4 Å². The standard InChI is InChI=1S/C37H42FN3O6S/c1-21(2)20-47-33-29(46-7)13-12-27(32(33)38)26-18-39-34(40-19-26)24-10-8-23(9-11-24)16-25(35(43)41-22(3)36(44)45)17-28(42)30-14-15-31(48-30)37(4,5)6/h8-15,18-19,21-22,25H,16-17,20H2,1-7H3,(H,41,43)(H,44,45)/t22-,25-/m1/s1. The van der Waals surface area contributed by atoms with Crippen molar-refractivity contribution in [3.63, 3.8) is 0 Å². The molecule has 0 bridgehead atoms. The van der Waals surface area contributed by atoms with Crippen LogP contribution < -0.4 is 14.8 Å². The molecule has 11 heteroatoms. The highest BCUT2D eigenvalue weighted by Gasteiger charge is 2.27. The lowest BCUT2D eigenvalue weighted by Gasteiger charge is -2.18. The summed E-state index contributed by atoms with van der Waals surface area (Å²) in [5.74, 6) is -2.21. The summed E-state index contributed by atoms with van der Waals surface area (Å²) in [6, 6.07) is 13.1. The van der Waals surface area contributed by atoms with E-state index in [0.717, 1.165) is 10.4 Å². The molecule has 0 unspecified atom stereocenters. The van der Waals surface area contributed by atoms with Gasteiger partial charge in [-0.05, 0) is 54.5 Å². The van der Waals surface area contributed by atoms with Crippen LogP contribution in [0.25, 0.3) is 22.5 Å². The first-order valence-electron chi connectivity index (χ1n) is 15.8. The average Bonchev–Trinajstić information content (AvgIpc) is 3.56. The summed E-state index contributed by atoms with van der Waals surface area (Å²) in [6.45, 7) is 11.9. The van der Waals surface area contributed by atoms with Crippen LogP contribution in [0.5, 0.6) is 11.5 Å². The van der Waals surface area contributed by atoms with Gasteiger partial charge in [0.15, 0.2) is 28.9 Å². The maximum absolute atomic E-state index is 15.5. The summed E-state index contributed by atoms with van der Waals surface area (Å²) >= 11 is 1.41. The van der Waals surface area contributed by atoms with E-state index in [4.69, 9.17) is 9.47 Å². The van der Waals surface area contributed by atoms with Gasteiger partial charge >= 0.3 is 5.97 Å². The first kappa shape index (κ1) is 36.2. The highest BCUT2D eigenvalue weighted by atomic mass is 32.1. The average molecular weight is 676 g/mol. The van der Waals surface area contributed by atoms with Gasteiger partial charge < -0.3 is 19.9 Å². The monoisotopic (exact) mass is 675 g/mol. The highest BCUT2D eigenvalue weighted by Crippen LogP contribution is 2.37. The molecule has 2 aromatic heterocycles. The second-order valence-corrected chi connectivity index (χ2v) is 14.3. The Labute approximate surface area is 284 Å². The molecule has 0 aliphatic rings. The Morgan fingerprint density at radius 3 is 2.19 bits per heavy atom. The lowest BCUT2D eigenvalue weighted by molar-refractivity contribution is -0.141. The van der Waals surface area contributed by atoms with Crippen LogP contribution >= 0.6 is 11.3 Å². The Balaban J connectivity index is 1.52. The Bertz CT molecular complexity index is 1750. The topological polar surface area (TPSA) is 128 Å². The van der Waals surface area contributed by atoms with E-state index in [2.05, 4.69) is 36.1 Å². The van der Waals surface area contributed by atoms with Crippen LogP contribution in [0.1, 0.15) is 68.1 Å². The number of ketones is 1. The fraction of sp³-hybridized carbons (Fsp3) is 0.378. The number of rotatable bonds is 14. The number of carbonyl (C=O) groups excluding carboxylic acids is 2. The van der Waals surface area contributed by atoms with Gasteiger partial charge in [0.25, 0.3) is 0 Å². The number of amides is 1. The maximum Gasteiger partial charge on any atom is 0.325 e. The summed E-state index contributed by atoms with van der Waals surface area (Å²) in [4.78, 5) is 48.4. The molecule has 0 spiro atoms. The Kier molecular flexibility index (Phi) is 11.7. The van der Waals surface area contributed by atoms with Crippen molar-refractivity contribution in [2.24, 2.45) is 11.8 Å². The number of nitrogens with one attached hydrogen (secondary N) is 1. The number of carbonyl (C=O) groups is 3. The molecule has 2 aromatic carbocycles. The van der Waals surface area contributed by atoms with Gasteiger partial charge in [0.1, 0.15) is 6.04 Å². The van der Waals surface area contributed by atoms with Crippen molar-refractivity contribution in [2.45, 2.75) is 65.8 Å². The van der Waals surface area contributed by atoms with E-state index in [0.29, 0.717) is 34.2 Å². The minimum atomic E-state index is -1.16. The van der Waals surface area contributed by atoms with E-state index >= 15 is 4.39 Å². The number of halogens is 1. The van der Waals surface area contributed by atoms with Crippen molar-refractivity contribution in [1.29, 1.82) is 0 Å². The summed E-state index contributed by atoms with van der Waals surface area (Å²) in [6.07, 6.45) is 3.23. The number of Topliss-reactive ketones (excluding diaryl/α,β-unsaturated/α-hetero) is 1. The van der Waals surface area contributed by atoms with Crippen molar-refractivity contribution < 1.29 is 33.4 Å². The van der Waals surface area contributed by atoms with Crippen molar-refractivity contribution >= 4 is 29.0 Å². The predicted molar refractivity (Wildman–Crippen MR) is 184 cm³/mol. The van der Waals surface area contributed by atoms with E-state index in [-0.39, 0.29) is 41.3 Å². The van der Waals surface area contributed by atoms with Crippen molar-refractivity contribution in [3.8, 4) is 34.0 Å². The quantitative estimate of drug-likeness (QED) is 0.133. The number of ether oxygens (including phenoxy) is 2. The number of carboxylic acid groups (broad SMARTS) is 1. The van der Waals surface area contributed by atoms with Crippen LogP contribution in [0.2, 0.25) is 0 Å². The van der Waals surface area contributed by atoms with Crippen LogP contribution in [0, 0.1) is 17.7 Å². The van der Waals surface area contributed by atoms with E-state index in [1.807, 2.05) is 44.2 Å². The number of hydrogen-bond donors (Lipinski definition) is 2. The molecule has 0 radical (unpaired) electrons. The molecule has 0 saturated heterocycles. The Morgan fingerprint density at radius 1 is 0.958 bits per heavy atom. The zero-order chi connectivity index (χ0) is 35.2. The third kappa shape index (κ3) is 9.03. The number of thiophene rings is 1. The normalized spacial score (nSPS) is 12.8. The molecule has 254 valence electrons. The van der Waals surface area contributed by atoms with E-state index in [1.54, 1.807) is 30.6 Å². The first-order valence-corrected chi connectivity index (χ1v) is 16.6. The Morgan fingerprint density at radius 2 is 1.62 bits per heavy atom. The smallest absolute Gasteiger partial charge is 0.325 e. The molecule has 9 nitrogen and oxygen atoms in total. The van der Waals surface area contributed by atoms with Crippen LogP contribution in [0.3, 0.4) is 0 Å². The number of methoxy groups -OCH3 is 1. The van der Waals surface area contributed by atoms with Crippen LogP contribution in [0.4, 0.5) is 4.39 Å². The lowest BCUT2D eigenvalue weighted by Crippen LogP contribution is -2.42. The SMILES string of the molecule is COc1ccc(-c2cnc(-c3ccc(C[C@H](CC(=O)c4ccc(C(C)(C)C)s4)C(=O)N[C@H](C)C(=O)O)cc3)nc2)c(F)c1OCC(C)C. The van der Waals surface area contributed by atoms with Crippen LogP contribution in [-0.4, -0.2) is 52.5 Å². The second-order valence-electron chi connectivity index (χ2n) is 13.2. The van der Waals surface area contributed by atoms with Gasteiger partial charge in [-0.2, -0.15) is 0 Å². The van der Waals surface area contributed by atoms with Gasteiger partial charge in [0, 0.05) is 46.3 Å². The van der Waals surface area contributed by atoms with Gasteiger partial charge in [-0.1, -0.05) is 58.9 Å². The van der Waals surface area contributed by atoms with Gasteiger partial charge in [-0.3, -0.25) is 14.4 Å². The number of nitrogens with zero attached hydrogens (tertiary/aromatic N) is 2. The molecule has 0 aliphatic carbocycles. The molecule has 2 atom stereocenters. The molecule has 2 heterocycles. The molecule has 4 rings (SSSR count). The van der Waals surface area contributed by atoms with Crippen molar-refractivity contribution in [1.82, 2.24) is 15.3 Å². The zero-order valence-corrected chi connectivity index (χ0v) is 29.1. The second kappa shape index (κ2) is 15.5. The molecule has 48 heavy (non-hydrogen) atoms. The zero-order valence-electron chi connectivity index (χ0n) is 28.3. The number of aliphatic carboxylic acids is 1. The molecular formula is C37H42FN3O6S. The number of hydrogen-bond acceptors (Lipinski definition) is 8. The molecule has 0 fully saturated rings. The fourth-order valence-electron chi connectivity index (χ4n) is 4.86. The maximum atomic E-state index is 15.5. The summed E-state index contributed by atoms with van der Waals surface area (Å²) in [5.41, 5.74) is 2.12. The third-order valence-electron chi connectivity index (χ3n) is 7.65. The third-order valence-corrected chi connectivity index (χ3v) is 9.20. The highest BCUT2D eigenvalue weighted by molar-refractivity contribution is 7.14. The van der Waals surface area contributed by atoms with Gasteiger partial charge in [-0.25, -0.2) is 14.4 Å². The number of carboxylic acids is 1. The van der Waals surface area contributed by atoms with Crippen molar-refractivity contribution in [3.05, 3.63) is 82.1 Å². The number of benzene rings is 2. The molecule has 0 aliphatic heterocycles. The minimum Gasteiger partial charge on any atom is -0.493 e. The molecule has 1 amide bonds. The molecule has 2 N–H and O–H groups in total. The largest absolute Gasteiger partial charge is 0.493 e. The van der Waals surface area contributed by atoms with Gasteiger partial charge in [0.05, 0.1) is 18.6 Å². The van der Waals surface area contributed by atoms with E-state index < -0.39 is 29.7 Å². The Hall–Kier alpha value is -4.64. The molecular weight excluding hydrogens is 633 g/mol. The van der Waals surface area contributed by atoms with Gasteiger partial charge in [0.2, 0.25) is 5.91 Å². The van der Waals surface area contributed by atoms with Crippen LogP contribution in [0.15, 0.2) is 60.9 Å². The summed E-state index contributed by atoms with van der Waals surface area (Å²) < 4.78 is 26.5. The first-order chi connectivity index (χ1) is 22.7. The minimum absolute atomic E-state index is 0.0412. The fourth-order valence-corrected chi connectivity index (χ4v) is 5.88. The summed E-state index contributed by atoms with van der Waals surface area (Å²) in [5, 5.41) is 11.8. The van der Waals surface area contributed by atoms with E-state index in [1.165, 1.54) is 25.4 Å². The molecule has 4 aromatic rings. The number of aromatic nitrogens is 2. The van der Waals surface area contributed by atoms with E-state index in [9.17, 15) is 19.5 Å². The summed E-state index contributed by atoms with van der Waals surface area (Å²) in [7, 11) is 1.46. The lowest BCUT2D eigenvalue weighted by atomic mass is 9.92. The predicted octanol–water partition coefficient (Wildman–Crippen LogP) is 7.37. The van der Waals surface area contributed by atoms with Crippen molar-refractivity contribution in [2.75, 3.05) is 13.7 Å². The molecule has 0 saturated carbocycles.